The van der Waals surface area contributed by atoms with Gasteiger partial charge in [0.2, 0.25) is 0 Å². The summed E-state index contributed by atoms with van der Waals surface area (Å²) in [6, 6.07) is 4.20. The zero-order valence-electron chi connectivity index (χ0n) is 9.71. The Bertz CT molecular complexity index is 481. The van der Waals surface area contributed by atoms with Crippen LogP contribution in [0.4, 0.5) is 0 Å². The van der Waals surface area contributed by atoms with Crippen molar-refractivity contribution in [2.24, 2.45) is 0 Å². The SMILES string of the molecule is COc1cc(C(=O)O)ccc1OC1CCOC1=O. The number of ether oxygens (including phenoxy) is 3. The molecule has 1 fully saturated rings. The van der Waals surface area contributed by atoms with Gasteiger partial charge in [0.25, 0.3) is 0 Å². The molecule has 1 aliphatic rings. The lowest BCUT2D eigenvalue weighted by Gasteiger charge is -2.13. The van der Waals surface area contributed by atoms with E-state index in [0.717, 1.165) is 0 Å². The first-order valence-corrected chi connectivity index (χ1v) is 5.36. The van der Waals surface area contributed by atoms with Crippen molar-refractivity contribution in [3.63, 3.8) is 0 Å². The van der Waals surface area contributed by atoms with Crippen LogP contribution in [0.25, 0.3) is 0 Å². The summed E-state index contributed by atoms with van der Waals surface area (Å²) in [5.74, 6) is -0.875. The molecular formula is C12H12O6. The smallest absolute Gasteiger partial charge is 0.347 e. The highest BCUT2D eigenvalue weighted by molar-refractivity contribution is 5.88. The molecule has 6 nitrogen and oxygen atoms in total. The Kier molecular flexibility index (Phi) is 3.36. The third-order valence-electron chi connectivity index (χ3n) is 2.57. The maximum Gasteiger partial charge on any atom is 0.347 e. The monoisotopic (exact) mass is 252 g/mol. The topological polar surface area (TPSA) is 82.1 Å². The molecule has 1 N–H and O–H groups in total. The predicted molar refractivity (Wildman–Crippen MR) is 59.9 cm³/mol. The third-order valence-corrected chi connectivity index (χ3v) is 2.57. The van der Waals surface area contributed by atoms with Crippen LogP contribution in [-0.4, -0.2) is 36.9 Å². The van der Waals surface area contributed by atoms with Gasteiger partial charge < -0.3 is 19.3 Å². The summed E-state index contributed by atoms with van der Waals surface area (Å²) in [7, 11) is 1.40. The fourth-order valence-electron chi connectivity index (χ4n) is 1.64. The molecule has 0 radical (unpaired) electrons. The summed E-state index contributed by atoms with van der Waals surface area (Å²) >= 11 is 0. The number of carbonyl (C=O) groups excluding carboxylic acids is 1. The number of benzene rings is 1. The minimum Gasteiger partial charge on any atom is -0.493 e. The molecule has 1 heterocycles. The highest BCUT2D eigenvalue weighted by Gasteiger charge is 2.29. The number of methoxy groups -OCH3 is 1. The lowest BCUT2D eigenvalue weighted by Crippen LogP contribution is -2.22. The van der Waals surface area contributed by atoms with E-state index in [4.69, 9.17) is 19.3 Å². The Hall–Kier alpha value is -2.24. The Morgan fingerprint density at radius 3 is 2.78 bits per heavy atom. The first-order valence-electron chi connectivity index (χ1n) is 5.36. The van der Waals surface area contributed by atoms with E-state index in [9.17, 15) is 9.59 Å². The van der Waals surface area contributed by atoms with Crippen molar-refractivity contribution in [1.82, 2.24) is 0 Å². The average molecular weight is 252 g/mol. The molecule has 96 valence electrons. The number of aromatic carboxylic acids is 1. The fourth-order valence-corrected chi connectivity index (χ4v) is 1.64. The molecular weight excluding hydrogens is 240 g/mol. The number of cyclic esters (lactones) is 1. The molecule has 2 rings (SSSR count). The van der Waals surface area contributed by atoms with Crippen LogP contribution in [0.5, 0.6) is 11.5 Å². The molecule has 0 spiro atoms. The van der Waals surface area contributed by atoms with Crippen molar-refractivity contribution >= 4 is 11.9 Å². The molecule has 1 aromatic rings. The Balaban J connectivity index is 2.22. The van der Waals surface area contributed by atoms with Gasteiger partial charge in [0, 0.05) is 6.42 Å². The second kappa shape index (κ2) is 4.95. The van der Waals surface area contributed by atoms with E-state index in [-0.39, 0.29) is 11.3 Å². The van der Waals surface area contributed by atoms with Crippen LogP contribution in [0.3, 0.4) is 0 Å². The van der Waals surface area contributed by atoms with Crippen molar-refractivity contribution < 1.29 is 28.9 Å². The highest BCUT2D eigenvalue weighted by atomic mass is 16.6. The van der Waals surface area contributed by atoms with Gasteiger partial charge in [-0.1, -0.05) is 0 Å². The zero-order valence-corrected chi connectivity index (χ0v) is 9.71. The first-order chi connectivity index (χ1) is 8.61. The van der Waals surface area contributed by atoms with Gasteiger partial charge in [0.1, 0.15) is 0 Å². The molecule has 0 bridgehead atoms. The van der Waals surface area contributed by atoms with Gasteiger partial charge in [-0.25, -0.2) is 9.59 Å². The number of carboxylic acid groups (broad SMARTS) is 1. The van der Waals surface area contributed by atoms with E-state index in [1.165, 1.54) is 25.3 Å². The number of hydrogen-bond acceptors (Lipinski definition) is 5. The number of carboxylic acids is 1. The van der Waals surface area contributed by atoms with Gasteiger partial charge in [-0.2, -0.15) is 0 Å². The van der Waals surface area contributed by atoms with Crippen molar-refractivity contribution in [2.75, 3.05) is 13.7 Å². The Morgan fingerprint density at radius 2 is 2.22 bits per heavy atom. The van der Waals surface area contributed by atoms with E-state index in [1.807, 2.05) is 0 Å². The van der Waals surface area contributed by atoms with Crippen LogP contribution >= 0.6 is 0 Å². The summed E-state index contributed by atoms with van der Waals surface area (Å²) in [6.07, 6.45) is -0.183. The normalized spacial score (nSPS) is 18.3. The minimum absolute atomic E-state index is 0.0909. The number of esters is 1. The molecule has 1 unspecified atom stereocenters. The molecule has 18 heavy (non-hydrogen) atoms. The van der Waals surface area contributed by atoms with Gasteiger partial charge in [-0.15, -0.1) is 0 Å². The molecule has 0 saturated carbocycles. The van der Waals surface area contributed by atoms with Crippen LogP contribution in [-0.2, 0) is 9.53 Å². The average Bonchev–Trinajstić information content (AvgIpc) is 2.75. The number of rotatable bonds is 4. The maximum atomic E-state index is 11.3. The van der Waals surface area contributed by atoms with Crippen LogP contribution in [0, 0.1) is 0 Å². The lowest BCUT2D eigenvalue weighted by atomic mass is 10.2. The molecule has 1 aromatic carbocycles. The zero-order chi connectivity index (χ0) is 13.1. The van der Waals surface area contributed by atoms with Crippen molar-refractivity contribution in [1.29, 1.82) is 0 Å². The Labute approximate surface area is 103 Å². The summed E-state index contributed by atoms with van der Waals surface area (Å²) < 4.78 is 15.3. The van der Waals surface area contributed by atoms with Gasteiger partial charge in [0.15, 0.2) is 17.6 Å². The summed E-state index contributed by atoms with van der Waals surface area (Å²) in [4.78, 5) is 22.1. The van der Waals surface area contributed by atoms with Crippen LogP contribution in [0.1, 0.15) is 16.8 Å². The predicted octanol–water partition coefficient (Wildman–Crippen LogP) is 1.09. The summed E-state index contributed by atoms with van der Waals surface area (Å²) in [5, 5.41) is 8.85. The van der Waals surface area contributed by atoms with Crippen molar-refractivity contribution in [3.05, 3.63) is 23.8 Å². The summed E-state index contributed by atoms with van der Waals surface area (Å²) in [5.41, 5.74) is 0.0909. The van der Waals surface area contributed by atoms with Crippen LogP contribution in [0.15, 0.2) is 18.2 Å². The first kappa shape index (κ1) is 12.2. The number of carbonyl (C=O) groups is 2. The van der Waals surface area contributed by atoms with E-state index < -0.39 is 18.0 Å². The minimum atomic E-state index is -1.06. The molecule has 1 aliphatic heterocycles. The van der Waals surface area contributed by atoms with E-state index >= 15 is 0 Å². The lowest BCUT2D eigenvalue weighted by molar-refractivity contribution is -0.143. The highest BCUT2D eigenvalue weighted by Crippen LogP contribution is 2.30. The van der Waals surface area contributed by atoms with E-state index in [1.54, 1.807) is 0 Å². The quantitative estimate of drug-likeness (QED) is 0.808. The van der Waals surface area contributed by atoms with Gasteiger partial charge in [0.05, 0.1) is 19.3 Å². The van der Waals surface area contributed by atoms with Crippen LogP contribution < -0.4 is 9.47 Å². The molecule has 0 aromatic heterocycles. The van der Waals surface area contributed by atoms with E-state index in [2.05, 4.69) is 0 Å². The third kappa shape index (κ3) is 2.37. The van der Waals surface area contributed by atoms with Gasteiger partial charge in [-0.3, -0.25) is 0 Å². The van der Waals surface area contributed by atoms with E-state index in [0.29, 0.717) is 18.8 Å². The van der Waals surface area contributed by atoms with Crippen molar-refractivity contribution in [2.45, 2.75) is 12.5 Å². The maximum absolute atomic E-state index is 11.3. The molecule has 0 amide bonds. The van der Waals surface area contributed by atoms with Gasteiger partial charge in [-0.05, 0) is 18.2 Å². The largest absolute Gasteiger partial charge is 0.493 e. The number of hydrogen-bond donors (Lipinski definition) is 1. The molecule has 1 saturated heterocycles. The van der Waals surface area contributed by atoms with Crippen LogP contribution in [0.2, 0.25) is 0 Å². The second-order valence-electron chi connectivity index (χ2n) is 3.73. The van der Waals surface area contributed by atoms with Crippen molar-refractivity contribution in [3.8, 4) is 11.5 Å². The molecule has 0 aliphatic carbocycles. The molecule has 1 atom stereocenters. The fraction of sp³-hybridized carbons (Fsp3) is 0.333. The Morgan fingerprint density at radius 1 is 1.44 bits per heavy atom. The second-order valence-corrected chi connectivity index (χ2v) is 3.73. The summed E-state index contributed by atoms with van der Waals surface area (Å²) in [6.45, 7) is 0.332. The molecule has 6 heteroatoms. The van der Waals surface area contributed by atoms with Gasteiger partial charge >= 0.3 is 11.9 Å². The standard InChI is InChI=1S/C12H12O6/c1-16-10-6-7(11(13)14)2-3-8(10)18-9-4-5-17-12(9)15/h2-3,6,9H,4-5H2,1H3,(H,13,14).